The summed E-state index contributed by atoms with van der Waals surface area (Å²) < 4.78 is 10.8. The Morgan fingerprint density at radius 2 is 2.29 bits per heavy atom. The van der Waals surface area contributed by atoms with Crippen LogP contribution in [-0.2, 0) is 21.5 Å². The highest BCUT2D eigenvalue weighted by Crippen LogP contribution is 2.46. The van der Waals surface area contributed by atoms with Crippen molar-refractivity contribution in [2.24, 2.45) is 0 Å². The maximum absolute atomic E-state index is 11.4. The Labute approximate surface area is 100 Å². The Kier molecular flexibility index (Phi) is 2.21. The molecule has 3 nitrogen and oxygen atoms in total. The van der Waals surface area contributed by atoms with Gasteiger partial charge in [-0.15, -0.1) is 6.58 Å². The molecule has 0 spiro atoms. The SMILES string of the molecule is C=CC[C@@]12OC(=O)O[C@@H]1CCc1ccccc12. The highest BCUT2D eigenvalue weighted by Gasteiger charge is 2.54. The van der Waals surface area contributed by atoms with E-state index in [1.807, 2.05) is 18.2 Å². The molecule has 0 unspecified atom stereocenters. The van der Waals surface area contributed by atoms with Crippen molar-refractivity contribution in [2.45, 2.75) is 31.0 Å². The molecule has 17 heavy (non-hydrogen) atoms. The molecule has 1 aliphatic heterocycles. The van der Waals surface area contributed by atoms with E-state index < -0.39 is 11.8 Å². The molecule has 2 aliphatic rings. The van der Waals surface area contributed by atoms with Crippen LogP contribution in [0.2, 0.25) is 0 Å². The van der Waals surface area contributed by atoms with Crippen LogP contribution >= 0.6 is 0 Å². The van der Waals surface area contributed by atoms with Gasteiger partial charge in [0.2, 0.25) is 0 Å². The standard InChI is InChI=1S/C14H14O3/c1-2-9-14-11-6-4-3-5-10(11)7-8-12(14)16-13(15)17-14/h2-6,12H,1,7-9H2/t12-,14+/m1/s1. The summed E-state index contributed by atoms with van der Waals surface area (Å²) >= 11 is 0. The molecule has 0 radical (unpaired) electrons. The second-order valence-corrected chi connectivity index (χ2v) is 4.54. The second-order valence-electron chi connectivity index (χ2n) is 4.54. The predicted molar refractivity (Wildman–Crippen MR) is 62.6 cm³/mol. The zero-order valence-electron chi connectivity index (χ0n) is 9.52. The average molecular weight is 230 g/mol. The van der Waals surface area contributed by atoms with Gasteiger partial charge in [0.1, 0.15) is 0 Å². The molecule has 2 atom stereocenters. The number of ether oxygens (including phenoxy) is 2. The number of aryl methyl sites for hydroxylation is 1. The van der Waals surface area contributed by atoms with Gasteiger partial charge in [-0.05, 0) is 18.4 Å². The minimum absolute atomic E-state index is 0.178. The number of rotatable bonds is 2. The number of carbonyl (C=O) groups excluding carboxylic acids is 1. The van der Waals surface area contributed by atoms with Crippen molar-refractivity contribution in [2.75, 3.05) is 0 Å². The smallest absolute Gasteiger partial charge is 0.426 e. The van der Waals surface area contributed by atoms with E-state index in [1.54, 1.807) is 6.08 Å². The van der Waals surface area contributed by atoms with Crippen molar-refractivity contribution in [3.05, 3.63) is 48.0 Å². The van der Waals surface area contributed by atoms with Gasteiger partial charge in [-0.2, -0.15) is 0 Å². The van der Waals surface area contributed by atoms with Gasteiger partial charge in [0.25, 0.3) is 0 Å². The summed E-state index contributed by atoms with van der Waals surface area (Å²) in [6.07, 6.45) is 3.39. The molecule has 1 heterocycles. The van der Waals surface area contributed by atoms with Crippen LogP contribution in [0.5, 0.6) is 0 Å². The summed E-state index contributed by atoms with van der Waals surface area (Å²) in [6, 6.07) is 8.09. The van der Waals surface area contributed by atoms with E-state index in [2.05, 4.69) is 12.6 Å². The van der Waals surface area contributed by atoms with E-state index in [1.165, 1.54) is 5.56 Å². The molecular weight excluding hydrogens is 216 g/mol. The number of hydrogen-bond acceptors (Lipinski definition) is 3. The van der Waals surface area contributed by atoms with Crippen LogP contribution in [0, 0.1) is 0 Å². The molecule has 0 aromatic heterocycles. The largest absolute Gasteiger partial charge is 0.509 e. The Balaban J connectivity index is 2.15. The molecule has 0 N–H and O–H groups in total. The van der Waals surface area contributed by atoms with Gasteiger partial charge < -0.3 is 9.47 Å². The third-order valence-electron chi connectivity index (χ3n) is 3.62. The summed E-state index contributed by atoms with van der Waals surface area (Å²) in [4.78, 5) is 11.4. The molecule has 3 heteroatoms. The summed E-state index contributed by atoms with van der Waals surface area (Å²) in [5, 5.41) is 0. The van der Waals surface area contributed by atoms with Crippen LogP contribution in [0.1, 0.15) is 24.0 Å². The van der Waals surface area contributed by atoms with Crippen LogP contribution in [0.15, 0.2) is 36.9 Å². The molecule has 88 valence electrons. The van der Waals surface area contributed by atoms with Crippen LogP contribution in [0.3, 0.4) is 0 Å². The Morgan fingerprint density at radius 3 is 3.12 bits per heavy atom. The Bertz CT molecular complexity index is 480. The lowest BCUT2D eigenvalue weighted by Gasteiger charge is -2.35. The molecule has 1 aromatic rings. The van der Waals surface area contributed by atoms with Crippen molar-refractivity contribution in [3.63, 3.8) is 0 Å². The molecule has 1 saturated heterocycles. The fourth-order valence-electron chi connectivity index (χ4n) is 2.91. The molecule has 1 aromatic carbocycles. The van der Waals surface area contributed by atoms with Crippen molar-refractivity contribution in [1.82, 2.24) is 0 Å². The minimum atomic E-state index is -0.645. The quantitative estimate of drug-likeness (QED) is 0.579. The van der Waals surface area contributed by atoms with Gasteiger partial charge in [0.05, 0.1) is 0 Å². The molecule has 0 bridgehead atoms. The van der Waals surface area contributed by atoms with Crippen LogP contribution in [-0.4, -0.2) is 12.3 Å². The predicted octanol–water partition coefficient (Wildman–Crippen LogP) is 2.94. The lowest BCUT2D eigenvalue weighted by Crippen LogP contribution is -2.40. The van der Waals surface area contributed by atoms with Crippen molar-refractivity contribution >= 4 is 6.16 Å². The van der Waals surface area contributed by atoms with Gasteiger partial charge in [-0.25, -0.2) is 4.79 Å². The van der Waals surface area contributed by atoms with Gasteiger partial charge in [0, 0.05) is 12.0 Å². The molecular formula is C14H14O3. The molecule has 1 fully saturated rings. The number of carbonyl (C=O) groups is 1. The number of hydrogen-bond donors (Lipinski definition) is 0. The van der Waals surface area contributed by atoms with Crippen molar-refractivity contribution in [3.8, 4) is 0 Å². The first-order valence-corrected chi connectivity index (χ1v) is 5.85. The highest BCUT2D eigenvalue weighted by molar-refractivity contribution is 5.65. The minimum Gasteiger partial charge on any atom is -0.426 e. The zero-order valence-corrected chi connectivity index (χ0v) is 9.52. The molecule has 3 rings (SSSR count). The molecule has 0 saturated carbocycles. The van der Waals surface area contributed by atoms with E-state index in [4.69, 9.17) is 9.47 Å². The van der Waals surface area contributed by atoms with Crippen molar-refractivity contribution < 1.29 is 14.3 Å². The van der Waals surface area contributed by atoms with E-state index in [0.717, 1.165) is 18.4 Å². The topological polar surface area (TPSA) is 35.5 Å². The molecule has 0 amide bonds. The average Bonchev–Trinajstić information content (AvgIpc) is 2.66. The summed E-state index contributed by atoms with van der Waals surface area (Å²) in [6.45, 7) is 3.76. The maximum atomic E-state index is 11.4. The third-order valence-corrected chi connectivity index (χ3v) is 3.62. The van der Waals surface area contributed by atoms with E-state index in [0.29, 0.717) is 6.42 Å². The van der Waals surface area contributed by atoms with Gasteiger partial charge in [-0.3, -0.25) is 0 Å². The highest BCUT2D eigenvalue weighted by atomic mass is 16.8. The van der Waals surface area contributed by atoms with Gasteiger partial charge in [-0.1, -0.05) is 30.3 Å². The van der Waals surface area contributed by atoms with Crippen LogP contribution < -0.4 is 0 Å². The fraction of sp³-hybridized carbons (Fsp3) is 0.357. The summed E-state index contributed by atoms with van der Waals surface area (Å²) in [5.74, 6) is 0. The summed E-state index contributed by atoms with van der Waals surface area (Å²) in [5.41, 5.74) is 1.67. The summed E-state index contributed by atoms with van der Waals surface area (Å²) in [7, 11) is 0. The normalized spacial score (nSPS) is 29.9. The van der Waals surface area contributed by atoms with E-state index in [9.17, 15) is 4.79 Å². The van der Waals surface area contributed by atoms with Crippen LogP contribution in [0.4, 0.5) is 4.79 Å². The zero-order chi connectivity index (χ0) is 11.9. The maximum Gasteiger partial charge on any atom is 0.509 e. The first-order valence-electron chi connectivity index (χ1n) is 5.85. The van der Waals surface area contributed by atoms with Gasteiger partial charge >= 0.3 is 6.16 Å². The lowest BCUT2D eigenvalue weighted by atomic mass is 9.75. The number of benzene rings is 1. The first kappa shape index (κ1) is 10.4. The van der Waals surface area contributed by atoms with E-state index in [-0.39, 0.29) is 6.10 Å². The fourth-order valence-corrected chi connectivity index (χ4v) is 2.91. The lowest BCUT2D eigenvalue weighted by molar-refractivity contribution is 0.0162. The third kappa shape index (κ3) is 1.38. The van der Waals surface area contributed by atoms with Gasteiger partial charge in [0.15, 0.2) is 11.7 Å². The molecule has 1 aliphatic carbocycles. The number of fused-ring (bicyclic) bond motifs is 3. The Hall–Kier alpha value is -1.77. The van der Waals surface area contributed by atoms with Crippen LogP contribution in [0.25, 0.3) is 0 Å². The monoisotopic (exact) mass is 230 g/mol. The van der Waals surface area contributed by atoms with Crippen molar-refractivity contribution in [1.29, 1.82) is 0 Å². The Morgan fingerprint density at radius 1 is 1.47 bits per heavy atom. The first-order chi connectivity index (χ1) is 8.26. The second kappa shape index (κ2) is 3.62. The van der Waals surface area contributed by atoms with E-state index >= 15 is 0 Å².